The van der Waals surface area contributed by atoms with Gasteiger partial charge in [0.05, 0.1) is 0 Å². The molecule has 1 aliphatic rings. The molecule has 0 spiro atoms. The predicted octanol–water partition coefficient (Wildman–Crippen LogP) is 3.83. The molecule has 122 valence electrons. The standard InChI is InChI=1S/C19H24ClN3/c1-22-10-7-19(8-11-22)23(15-17-5-3-9-21-13-17)14-16-4-2-6-18(20)12-16/h2-6,9,12-13,19H,7-8,10-11,14-15H2,1H3. The Morgan fingerprint density at radius 2 is 1.87 bits per heavy atom. The summed E-state index contributed by atoms with van der Waals surface area (Å²) >= 11 is 6.16. The molecule has 4 heteroatoms. The van der Waals surface area contributed by atoms with Crippen LogP contribution in [0.15, 0.2) is 48.8 Å². The Kier molecular flexibility index (Phi) is 5.65. The lowest BCUT2D eigenvalue weighted by molar-refractivity contribution is 0.108. The van der Waals surface area contributed by atoms with Crippen molar-refractivity contribution in [3.8, 4) is 0 Å². The molecule has 1 fully saturated rings. The van der Waals surface area contributed by atoms with Crippen molar-refractivity contribution in [3.63, 3.8) is 0 Å². The fraction of sp³-hybridized carbons (Fsp3) is 0.421. The highest BCUT2D eigenvalue weighted by molar-refractivity contribution is 6.30. The molecule has 1 aromatic carbocycles. The van der Waals surface area contributed by atoms with Crippen LogP contribution < -0.4 is 0 Å². The summed E-state index contributed by atoms with van der Waals surface area (Å²) in [7, 11) is 2.21. The zero-order chi connectivity index (χ0) is 16.1. The number of hydrogen-bond acceptors (Lipinski definition) is 3. The van der Waals surface area contributed by atoms with Crippen molar-refractivity contribution in [3.05, 3.63) is 64.9 Å². The number of hydrogen-bond donors (Lipinski definition) is 0. The Hall–Kier alpha value is -1.42. The van der Waals surface area contributed by atoms with E-state index < -0.39 is 0 Å². The number of piperidine rings is 1. The smallest absolute Gasteiger partial charge is 0.0409 e. The molecule has 23 heavy (non-hydrogen) atoms. The van der Waals surface area contributed by atoms with Gasteiger partial charge in [0.1, 0.15) is 0 Å². The van der Waals surface area contributed by atoms with Crippen LogP contribution in [0, 0.1) is 0 Å². The second-order valence-corrected chi connectivity index (χ2v) is 6.87. The Morgan fingerprint density at radius 1 is 1.13 bits per heavy atom. The summed E-state index contributed by atoms with van der Waals surface area (Å²) in [6, 6.07) is 13.0. The molecule has 0 atom stereocenters. The summed E-state index contributed by atoms with van der Waals surface area (Å²) in [5.41, 5.74) is 2.55. The van der Waals surface area contributed by atoms with Crippen molar-refractivity contribution in [1.82, 2.24) is 14.8 Å². The fourth-order valence-electron chi connectivity index (χ4n) is 3.27. The summed E-state index contributed by atoms with van der Waals surface area (Å²) in [4.78, 5) is 9.25. The molecule has 3 rings (SSSR count). The lowest BCUT2D eigenvalue weighted by Crippen LogP contribution is -2.43. The van der Waals surface area contributed by atoms with E-state index in [4.69, 9.17) is 11.6 Å². The van der Waals surface area contributed by atoms with Crippen LogP contribution in [-0.2, 0) is 13.1 Å². The van der Waals surface area contributed by atoms with E-state index in [1.54, 1.807) is 0 Å². The summed E-state index contributed by atoms with van der Waals surface area (Å²) in [5, 5.41) is 0.812. The first-order valence-electron chi connectivity index (χ1n) is 8.26. The van der Waals surface area contributed by atoms with Gasteiger partial charge < -0.3 is 4.90 Å². The molecule has 0 bridgehead atoms. The van der Waals surface area contributed by atoms with Crippen molar-refractivity contribution in [2.24, 2.45) is 0 Å². The first kappa shape index (κ1) is 16.4. The second-order valence-electron chi connectivity index (χ2n) is 6.43. The fourth-order valence-corrected chi connectivity index (χ4v) is 3.48. The quantitative estimate of drug-likeness (QED) is 0.831. The van der Waals surface area contributed by atoms with Gasteiger partial charge in [0.2, 0.25) is 0 Å². The third kappa shape index (κ3) is 4.77. The molecule has 3 nitrogen and oxygen atoms in total. The van der Waals surface area contributed by atoms with Gasteiger partial charge in [0.15, 0.2) is 0 Å². The second kappa shape index (κ2) is 7.91. The van der Waals surface area contributed by atoms with Gasteiger partial charge in [-0.15, -0.1) is 0 Å². The van der Waals surface area contributed by atoms with Crippen molar-refractivity contribution >= 4 is 11.6 Å². The average Bonchev–Trinajstić information content (AvgIpc) is 2.56. The minimum Gasteiger partial charge on any atom is -0.306 e. The molecule has 1 saturated heterocycles. The van der Waals surface area contributed by atoms with Gasteiger partial charge in [-0.2, -0.15) is 0 Å². The van der Waals surface area contributed by atoms with Crippen LogP contribution in [0.1, 0.15) is 24.0 Å². The molecule has 0 aliphatic carbocycles. The van der Waals surface area contributed by atoms with Gasteiger partial charge >= 0.3 is 0 Å². The van der Waals surface area contributed by atoms with E-state index in [1.807, 2.05) is 30.6 Å². The number of pyridine rings is 1. The van der Waals surface area contributed by atoms with Crippen LogP contribution in [0.5, 0.6) is 0 Å². The highest BCUT2D eigenvalue weighted by Crippen LogP contribution is 2.22. The van der Waals surface area contributed by atoms with Crippen LogP contribution >= 0.6 is 11.6 Å². The lowest BCUT2D eigenvalue weighted by Gasteiger charge is -2.37. The van der Waals surface area contributed by atoms with E-state index in [2.05, 4.69) is 40.0 Å². The third-order valence-electron chi connectivity index (χ3n) is 4.59. The predicted molar refractivity (Wildman–Crippen MR) is 95.5 cm³/mol. The Bertz CT molecular complexity index is 609. The molecule has 1 aliphatic heterocycles. The minimum absolute atomic E-state index is 0.616. The number of likely N-dealkylation sites (tertiary alicyclic amines) is 1. The van der Waals surface area contributed by atoms with E-state index >= 15 is 0 Å². The lowest BCUT2D eigenvalue weighted by atomic mass is 10.0. The summed E-state index contributed by atoms with van der Waals surface area (Å²) in [6.45, 7) is 4.21. The van der Waals surface area contributed by atoms with Gasteiger partial charge in [-0.25, -0.2) is 0 Å². The number of benzene rings is 1. The molecule has 1 aromatic heterocycles. The van der Waals surface area contributed by atoms with Crippen LogP contribution in [-0.4, -0.2) is 41.0 Å². The number of aromatic nitrogens is 1. The monoisotopic (exact) mass is 329 g/mol. The van der Waals surface area contributed by atoms with Gasteiger partial charge in [-0.3, -0.25) is 9.88 Å². The molecule has 0 N–H and O–H groups in total. The number of nitrogens with zero attached hydrogens (tertiary/aromatic N) is 3. The summed E-state index contributed by atoms with van der Waals surface area (Å²) in [5.74, 6) is 0. The SMILES string of the molecule is CN1CCC(N(Cc2cccnc2)Cc2cccc(Cl)c2)CC1. The van der Waals surface area contributed by atoms with E-state index in [-0.39, 0.29) is 0 Å². The van der Waals surface area contributed by atoms with Crippen LogP contribution in [0.2, 0.25) is 5.02 Å². The third-order valence-corrected chi connectivity index (χ3v) is 4.82. The molecule has 0 unspecified atom stereocenters. The van der Waals surface area contributed by atoms with E-state index in [0.717, 1.165) is 18.1 Å². The first-order valence-corrected chi connectivity index (χ1v) is 8.64. The Labute approximate surface area is 143 Å². The number of halogens is 1. The molecular formula is C19H24ClN3. The molecule has 2 aromatic rings. The van der Waals surface area contributed by atoms with Crippen LogP contribution in [0.25, 0.3) is 0 Å². The van der Waals surface area contributed by atoms with Crippen LogP contribution in [0.3, 0.4) is 0 Å². The van der Waals surface area contributed by atoms with Crippen molar-refractivity contribution in [2.75, 3.05) is 20.1 Å². The molecule has 0 saturated carbocycles. The number of rotatable bonds is 5. The highest BCUT2D eigenvalue weighted by Gasteiger charge is 2.23. The van der Waals surface area contributed by atoms with Crippen molar-refractivity contribution in [1.29, 1.82) is 0 Å². The molecule has 0 radical (unpaired) electrons. The zero-order valence-electron chi connectivity index (χ0n) is 13.7. The van der Waals surface area contributed by atoms with Gasteiger partial charge in [0, 0.05) is 36.5 Å². The Balaban J connectivity index is 1.75. The first-order chi connectivity index (χ1) is 11.2. The van der Waals surface area contributed by atoms with E-state index in [0.29, 0.717) is 6.04 Å². The Morgan fingerprint density at radius 3 is 2.57 bits per heavy atom. The summed E-state index contributed by atoms with van der Waals surface area (Å²) in [6.07, 6.45) is 6.24. The van der Waals surface area contributed by atoms with Crippen molar-refractivity contribution < 1.29 is 0 Å². The molecule has 2 heterocycles. The maximum Gasteiger partial charge on any atom is 0.0409 e. The van der Waals surface area contributed by atoms with E-state index in [1.165, 1.54) is 37.1 Å². The highest BCUT2D eigenvalue weighted by atomic mass is 35.5. The average molecular weight is 330 g/mol. The van der Waals surface area contributed by atoms with Gasteiger partial charge in [-0.1, -0.05) is 29.8 Å². The maximum atomic E-state index is 6.16. The van der Waals surface area contributed by atoms with Crippen molar-refractivity contribution in [2.45, 2.75) is 32.0 Å². The molecule has 0 amide bonds. The van der Waals surface area contributed by atoms with Gasteiger partial charge in [-0.05, 0) is 62.3 Å². The largest absolute Gasteiger partial charge is 0.306 e. The maximum absolute atomic E-state index is 6.16. The summed E-state index contributed by atoms with van der Waals surface area (Å²) < 4.78 is 0. The normalized spacial score (nSPS) is 16.8. The topological polar surface area (TPSA) is 19.4 Å². The van der Waals surface area contributed by atoms with E-state index in [9.17, 15) is 0 Å². The van der Waals surface area contributed by atoms with Gasteiger partial charge in [0.25, 0.3) is 0 Å². The minimum atomic E-state index is 0.616. The van der Waals surface area contributed by atoms with Crippen LogP contribution in [0.4, 0.5) is 0 Å². The molecular weight excluding hydrogens is 306 g/mol. The zero-order valence-corrected chi connectivity index (χ0v) is 14.4.